The van der Waals surface area contributed by atoms with E-state index in [1.165, 1.54) is 0 Å². The Hall–Kier alpha value is -0.0800. The third-order valence-corrected chi connectivity index (χ3v) is 0.744. The highest BCUT2D eigenvalue weighted by atomic mass is 16.6. The Labute approximate surface area is 38.5 Å². The molecule has 1 fully saturated rings. The molecule has 0 amide bonds. The molecule has 0 aromatic rings. The second-order valence-corrected chi connectivity index (χ2v) is 1.22. The highest BCUT2D eigenvalue weighted by Gasteiger charge is 1.94. The molecule has 0 saturated carbocycles. The number of ether oxygens (including phenoxy) is 2. The zero-order valence-electron chi connectivity index (χ0n) is 3.64. The molecule has 1 aliphatic heterocycles. The quantitative estimate of drug-likeness (QED) is 0.425. The normalized spacial score (nSPS) is 24.0. The van der Waals surface area contributed by atoms with Crippen molar-refractivity contribution in [2.45, 2.75) is 0 Å². The average molecular weight is 90.1 g/mol. The fourth-order valence-electron chi connectivity index (χ4n) is 0.440. The van der Waals surface area contributed by atoms with Crippen LogP contribution in [0.1, 0.15) is 1.43 Å². The summed E-state index contributed by atoms with van der Waals surface area (Å²) in [4.78, 5) is 0. The van der Waals surface area contributed by atoms with Gasteiger partial charge in [-0.15, -0.1) is 0 Å². The summed E-state index contributed by atoms with van der Waals surface area (Å²) >= 11 is 0. The van der Waals surface area contributed by atoms with Crippen molar-refractivity contribution in [2.75, 3.05) is 26.4 Å². The molecule has 38 valence electrons. The minimum absolute atomic E-state index is 0. The van der Waals surface area contributed by atoms with Crippen molar-refractivity contribution in [3.63, 3.8) is 0 Å². The Morgan fingerprint density at radius 2 is 1.17 bits per heavy atom. The lowest BCUT2D eigenvalue weighted by molar-refractivity contribution is -0.0334. The monoisotopic (exact) mass is 90.1 g/mol. The lowest BCUT2D eigenvalue weighted by atomic mass is 10.6. The van der Waals surface area contributed by atoms with E-state index in [-0.39, 0.29) is 1.43 Å². The van der Waals surface area contributed by atoms with Crippen LogP contribution in [0.2, 0.25) is 0 Å². The first-order valence-corrected chi connectivity index (χ1v) is 2.15. The van der Waals surface area contributed by atoms with E-state index >= 15 is 0 Å². The van der Waals surface area contributed by atoms with Crippen molar-refractivity contribution in [3.05, 3.63) is 0 Å². The smallest absolute Gasteiger partial charge is 0.0701 e. The topological polar surface area (TPSA) is 18.5 Å². The molecular weight excluding hydrogens is 80.0 g/mol. The van der Waals surface area contributed by atoms with Gasteiger partial charge in [-0.2, -0.15) is 0 Å². The predicted octanol–water partition coefficient (Wildman–Crippen LogP) is 0.279. The molecule has 6 heavy (non-hydrogen) atoms. The van der Waals surface area contributed by atoms with Crippen LogP contribution in [-0.2, 0) is 9.47 Å². The van der Waals surface area contributed by atoms with E-state index in [2.05, 4.69) is 0 Å². The first-order chi connectivity index (χ1) is 3.00. The van der Waals surface area contributed by atoms with Gasteiger partial charge < -0.3 is 9.47 Å². The van der Waals surface area contributed by atoms with Gasteiger partial charge in [0.2, 0.25) is 0 Å². The Morgan fingerprint density at radius 1 is 0.833 bits per heavy atom. The van der Waals surface area contributed by atoms with Gasteiger partial charge >= 0.3 is 0 Å². The van der Waals surface area contributed by atoms with Crippen LogP contribution >= 0.6 is 0 Å². The second-order valence-electron chi connectivity index (χ2n) is 1.22. The van der Waals surface area contributed by atoms with Crippen molar-refractivity contribution < 1.29 is 10.9 Å². The summed E-state index contributed by atoms with van der Waals surface area (Å²) in [5.74, 6) is 0. The van der Waals surface area contributed by atoms with Crippen LogP contribution in [0.5, 0.6) is 0 Å². The van der Waals surface area contributed by atoms with Crippen LogP contribution in [-0.4, -0.2) is 26.4 Å². The van der Waals surface area contributed by atoms with Gasteiger partial charge in [0.15, 0.2) is 0 Å². The summed E-state index contributed by atoms with van der Waals surface area (Å²) in [6, 6.07) is 0. The SMILES string of the molecule is C1COCCO1.[HH]. The summed E-state index contributed by atoms with van der Waals surface area (Å²) in [5, 5.41) is 0. The minimum Gasteiger partial charge on any atom is -0.377 e. The Bertz CT molecular complexity index is 25.2. The molecule has 0 radical (unpaired) electrons. The van der Waals surface area contributed by atoms with E-state index < -0.39 is 0 Å². The Morgan fingerprint density at radius 3 is 1.33 bits per heavy atom. The molecule has 0 aromatic heterocycles. The molecular formula is C4H10O2. The van der Waals surface area contributed by atoms with Crippen LogP contribution in [0.4, 0.5) is 0 Å². The summed E-state index contributed by atoms with van der Waals surface area (Å²) in [6.45, 7) is 3.11. The summed E-state index contributed by atoms with van der Waals surface area (Å²) in [7, 11) is 0. The summed E-state index contributed by atoms with van der Waals surface area (Å²) in [5.41, 5.74) is 0. The lowest BCUT2D eigenvalue weighted by Gasteiger charge is -2.09. The van der Waals surface area contributed by atoms with Crippen LogP contribution in [0.15, 0.2) is 0 Å². The van der Waals surface area contributed by atoms with Crippen LogP contribution < -0.4 is 0 Å². The van der Waals surface area contributed by atoms with Crippen LogP contribution in [0, 0.1) is 0 Å². The van der Waals surface area contributed by atoms with Gasteiger partial charge in [0.25, 0.3) is 0 Å². The molecule has 2 nitrogen and oxygen atoms in total. The van der Waals surface area contributed by atoms with E-state index in [1.54, 1.807) is 0 Å². The molecule has 1 heterocycles. The maximum absolute atomic E-state index is 4.94. The highest BCUT2D eigenvalue weighted by molar-refractivity contribution is 4.37. The van der Waals surface area contributed by atoms with Gasteiger partial charge in [-0.1, -0.05) is 0 Å². The van der Waals surface area contributed by atoms with E-state index in [1.807, 2.05) is 0 Å². The van der Waals surface area contributed by atoms with E-state index in [9.17, 15) is 0 Å². The van der Waals surface area contributed by atoms with Crippen LogP contribution in [0.3, 0.4) is 0 Å². The molecule has 2 heteroatoms. The van der Waals surface area contributed by atoms with Crippen molar-refractivity contribution in [3.8, 4) is 0 Å². The van der Waals surface area contributed by atoms with Gasteiger partial charge in [-0.25, -0.2) is 0 Å². The first-order valence-electron chi connectivity index (χ1n) is 2.15. The molecule has 0 N–H and O–H groups in total. The van der Waals surface area contributed by atoms with Gasteiger partial charge in [-0.3, -0.25) is 0 Å². The first kappa shape index (κ1) is 4.09. The fraction of sp³-hybridized carbons (Fsp3) is 1.00. The van der Waals surface area contributed by atoms with Crippen molar-refractivity contribution in [1.29, 1.82) is 0 Å². The van der Waals surface area contributed by atoms with Gasteiger partial charge in [0.05, 0.1) is 26.4 Å². The maximum atomic E-state index is 4.94. The molecule has 0 bridgehead atoms. The number of hydrogen-bond donors (Lipinski definition) is 0. The highest BCUT2D eigenvalue weighted by Crippen LogP contribution is 1.85. The third-order valence-electron chi connectivity index (χ3n) is 0.744. The maximum Gasteiger partial charge on any atom is 0.0701 e. The summed E-state index contributed by atoms with van der Waals surface area (Å²) < 4.78 is 9.89. The van der Waals surface area contributed by atoms with Gasteiger partial charge in [0.1, 0.15) is 0 Å². The van der Waals surface area contributed by atoms with E-state index in [0.29, 0.717) is 0 Å². The molecule has 1 aliphatic rings. The van der Waals surface area contributed by atoms with E-state index in [4.69, 9.17) is 9.47 Å². The average Bonchev–Trinajstić information content (AvgIpc) is 1.72. The predicted molar refractivity (Wildman–Crippen MR) is 23.8 cm³/mol. The number of hydrogen-bond acceptors (Lipinski definition) is 2. The molecule has 0 unspecified atom stereocenters. The standard InChI is InChI=1S/C4H8O2.H2/c1-2-6-4-3-5-1;/h1-4H2;1H. The summed E-state index contributed by atoms with van der Waals surface area (Å²) in [6.07, 6.45) is 0. The van der Waals surface area contributed by atoms with Crippen molar-refractivity contribution in [2.24, 2.45) is 0 Å². The third kappa shape index (κ3) is 0.954. The van der Waals surface area contributed by atoms with Crippen molar-refractivity contribution in [1.82, 2.24) is 0 Å². The van der Waals surface area contributed by atoms with E-state index in [0.717, 1.165) is 26.4 Å². The van der Waals surface area contributed by atoms with Crippen molar-refractivity contribution >= 4 is 0 Å². The Kier molecular flexibility index (Phi) is 1.47. The zero-order chi connectivity index (χ0) is 4.24. The fourth-order valence-corrected chi connectivity index (χ4v) is 0.440. The molecule has 1 saturated heterocycles. The largest absolute Gasteiger partial charge is 0.377 e. The minimum atomic E-state index is 0. The molecule has 0 spiro atoms. The lowest BCUT2D eigenvalue weighted by Crippen LogP contribution is -2.16. The molecule has 0 aliphatic carbocycles. The van der Waals surface area contributed by atoms with Gasteiger partial charge in [0, 0.05) is 1.43 Å². The van der Waals surface area contributed by atoms with Crippen LogP contribution in [0.25, 0.3) is 0 Å². The molecule has 0 atom stereocenters. The number of rotatable bonds is 0. The molecule has 1 rings (SSSR count). The van der Waals surface area contributed by atoms with Gasteiger partial charge in [-0.05, 0) is 0 Å². The molecule has 0 aromatic carbocycles. The second kappa shape index (κ2) is 2.16. The Balaban J connectivity index is 0.000000360. The zero-order valence-corrected chi connectivity index (χ0v) is 3.64.